The Morgan fingerprint density at radius 3 is 2.56 bits per heavy atom. The second-order valence-corrected chi connectivity index (χ2v) is 9.62. The maximum atomic E-state index is 13.2. The van der Waals surface area contributed by atoms with Gasteiger partial charge in [-0.3, -0.25) is 9.59 Å². The van der Waals surface area contributed by atoms with E-state index < -0.39 is 6.04 Å². The van der Waals surface area contributed by atoms with Crippen molar-refractivity contribution in [1.82, 2.24) is 10.2 Å². The number of rotatable bonds is 9. The summed E-state index contributed by atoms with van der Waals surface area (Å²) in [6, 6.07) is 14.6. The molecule has 1 saturated carbocycles. The number of benzene rings is 2. The second-order valence-electron chi connectivity index (χ2n) is 8.14. The minimum atomic E-state index is -0.568. The topological polar surface area (TPSA) is 58.6 Å². The first-order valence-electron chi connectivity index (χ1n) is 11.1. The van der Waals surface area contributed by atoms with Gasteiger partial charge in [-0.25, -0.2) is 0 Å². The highest BCUT2D eigenvalue weighted by Crippen LogP contribution is 2.23. The molecule has 1 N–H and O–H groups in total. The molecule has 0 radical (unpaired) electrons. The van der Waals surface area contributed by atoms with Crippen molar-refractivity contribution in [3.05, 3.63) is 59.1 Å². The van der Waals surface area contributed by atoms with Gasteiger partial charge in [-0.1, -0.05) is 43.0 Å². The zero-order chi connectivity index (χ0) is 22.9. The van der Waals surface area contributed by atoms with Gasteiger partial charge in [0.15, 0.2) is 0 Å². The lowest BCUT2D eigenvalue weighted by atomic mass is 9.95. The monoisotopic (exact) mass is 474 g/mol. The van der Waals surface area contributed by atoms with Crippen LogP contribution in [0.15, 0.2) is 53.4 Å². The van der Waals surface area contributed by atoms with E-state index in [9.17, 15) is 9.59 Å². The molecule has 0 unspecified atom stereocenters. The van der Waals surface area contributed by atoms with Gasteiger partial charge in [0.2, 0.25) is 11.8 Å². The normalized spacial score (nSPS) is 15.1. The fourth-order valence-electron chi connectivity index (χ4n) is 3.88. The van der Waals surface area contributed by atoms with Gasteiger partial charge in [0, 0.05) is 22.5 Å². The number of amides is 2. The lowest BCUT2D eigenvalue weighted by molar-refractivity contribution is -0.139. The third-order valence-corrected chi connectivity index (χ3v) is 7.03. The van der Waals surface area contributed by atoms with Crippen molar-refractivity contribution in [3.8, 4) is 5.75 Å². The fraction of sp³-hybridized carbons (Fsp3) is 0.440. The maximum absolute atomic E-state index is 13.2. The Labute approximate surface area is 199 Å². The lowest BCUT2D eigenvalue weighted by Crippen LogP contribution is -2.50. The average molecular weight is 475 g/mol. The average Bonchev–Trinajstić information content (AvgIpc) is 2.82. The summed E-state index contributed by atoms with van der Waals surface area (Å²) in [6.45, 7) is 2.15. The van der Waals surface area contributed by atoms with E-state index in [4.69, 9.17) is 16.3 Å². The molecule has 32 heavy (non-hydrogen) atoms. The third-order valence-electron chi connectivity index (χ3n) is 5.78. The SMILES string of the molecule is COc1cccc(CN(C(=O)CSc2ccc(Cl)cc2)[C@@H](C)C(=O)NC2CCCCC2)c1. The van der Waals surface area contributed by atoms with Gasteiger partial charge in [0.25, 0.3) is 0 Å². The van der Waals surface area contributed by atoms with E-state index in [1.165, 1.54) is 18.2 Å². The number of ether oxygens (including phenoxy) is 1. The highest BCUT2D eigenvalue weighted by Gasteiger charge is 2.28. The van der Waals surface area contributed by atoms with E-state index in [1.807, 2.05) is 55.5 Å². The molecule has 0 bridgehead atoms. The van der Waals surface area contributed by atoms with Crippen LogP contribution in [0.5, 0.6) is 5.75 Å². The summed E-state index contributed by atoms with van der Waals surface area (Å²) in [5, 5.41) is 3.82. The van der Waals surface area contributed by atoms with Crippen molar-refractivity contribution in [2.24, 2.45) is 0 Å². The van der Waals surface area contributed by atoms with Crippen molar-refractivity contribution >= 4 is 35.2 Å². The summed E-state index contributed by atoms with van der Waals surface area (Å²) in [4.78, 5) is 28.9. The first kappa shape index (κ1) is 24.5. The molecule has 2 aromatic rings. The van der Waals surface area contributed by atoms with Gasteiger partial charge >= 0.3 is 0 Å². The molecule has 7 heteroatoms. The fourth-order valence-corrected chi connectivity index (χ4v) is 4.79. The Morgan fingerprint density at radius 2 is 1.88 bits per heavy atom. The highest BCUT2D eigenvalue weighted by molar-refractivity contribution is 8.00. The van der Waals surface area contributed by atoms with E-state index in [2.05, 4.69) is 5.32 Å². The number of carbonyl (C=O) groups is 2. The van der Waals surface area contributed by atoms with Gasteiger partial charge in [0.05, 0.1) is 12.9 Å². The quantitative estimate of drug-likeness (QED) is 0.500. The Kier molecular flexibility index (Phi) is 9.30. The Hall–Kier alpha value is -2.18. The Bertz CT molecular complexity index is 900. The van der Waals surface area contributed by atoms with Crippen molar-refractivity contribution in [3.63, 3.8) is 0 Å². The Balaban J connectivity index is 1.71. The van der Waals surface area contributed by atoms with Gasteiger partial charge in [0.1, 0.15) is 11.8 Å². The summed E-state index contributed by atoms with van der Waals surface area (Å²) in [5.41, 5.74) is 0.923. The summed E-state index contributed by atoms with van der Waals surface area (Å²) in [7, 11) is 1.62. The lowest BCUT2D eigenvalue weighted by Gasteiger charge is -2.31. The largest absolute Gasteiger partial charge is 0.497 e. The molecule has 2 aromatic carbocycles. The molecule has 0 heterocycles. The van der Waals surface area contributed by atoms with E-state index >= 15 is 0 Å². The minimum Gasteiger partial charge on any atom is -0.497 e. The molecular formula is C25H31ClN2O3S. The number of hydrogen-bond donors (Lipinski definition) is 1. The van der Waals surface area contributed by atoms with Crippen LogP contribution < -0.4 is 10.1 Å². The zero-order valence-corrected chi connectivity index (χ0v) is 20.3. The van der Waals surface area contributed by atoms with Gasteiger partial charge in [-0.05, 0) is 61.7 Å². The van der Waals surface area contributed by atoms with E-state index in [0.29, 0.717) is 11.6 Å². The number of carbonyl (C=O) groups excluding carboxylic acids is 2. The van der Waals surface area contributed by atoms with Crippen molar-refractivity contribution in [2.75, 3.05) is 12.9 Å². The molecule has 5 nitrogen and oxygen atoms in total. The number of nitrogens with zero attached hydrogens (tertiary/aromatic N) is 1. The summed E-state index contributed by atoms with van der Waals surface area (Å²) >= 11 is 7.40. The maximum Gasteiger partial charge on any atom is 0.242 e. The third kappa shape index (κ3) is 7.17. The summed E-state index contributed by atoms with van der Waals surface area (Å²) < 4.78 is 5.32. The standard InChI is InChI=1S/C25H31ClN2O3S/c1-18(25(30)27-21-8-4-3-5-9-21)28(16-19-7-6-10-22(15-19)31-2)24(29)17-32-23-13-11-20(26)12-14-23/h6-7,10-15,18,21H,3-5,8-9,16-17H2,1-2H3,(H,27,30)/t18-/m0/s1. The minimum absolute atomic E-state index is 0.0842. The van der Waals surface area contributed by atoms with E-state index in [1.54, 1.807) is 12.0 Å². The van der Waals surface area contributed by atoms with Crippen LogP contribution >= 0.6 is 23.4 Å². The molecule has 172 valence electrons. The van der Waals surface area contributed by atoms with Crippen LogP contribution in [0.1, 0.15) is 44.6 Å². The molecule has 2 amide bonds. The molecule has 1 atom stereocenters. The first-order chi connectivity index (χ1) is 15.5. The van der Waals surface area contributed by atoms with Crippen molar-refractivity contribution < 1.29 is 14.3 Å². The number of methoxy groups -OCH3 is 1. The van der Waals surface area contributed by atoms with Crippen LogP contribution in [0.2, 0.25) is 5.02 Å². The van der Waals surface area contributed by atoms with Gasteiger partial charge in [-0.2, -0.15) is 0 Å². The predicted molar refractivity (Wildman–Crippen MR) is 130 cm³/mol. The van der Waals surface area contributed by atoms with Gasteiger partial charge in [-0.15, -0.1) is 11.8 Å². The first-order valence-corrected chi connectivity index (χ1v) is 12.4. The van der Waals surface area contributed by atoms with Crippen LogP contribution in [0, 0.1) is 0 Å². The molecule has 0 spiro atoms. The van der Waals surface area contributed by atoms with Crippen LogP contribution in [-0.2, 0) is 16.1 Å². The smallest absolute Gasteiger partial charge is 0.242 e. The number of hydrogen-bond acceptors (Lipinski definition) is 4. The molecular weight excluding hydrogens is 444 g/mol. The van der Waals surface area contributed by atoms with Crippen LogP contribution in [-0.4, -0.2) is 41.7 Å². The molecule has 1 aliphatic rings. The highest BCUT2D eigenvalue weighted by atomic mass is 35.5. The van der Waals surface area contributed by atoms with Crippen LogP contribution in [0.4, 0.5) is 0 Å². The molecule has 1 aliphatic carbocycles. The van der Waals surface area contributed by atoms with Crippen LogP contribution in [0.25, 0.3) is 0 Å². The second kappa shape index (κ2) is 12.2. The molecule has 0 saturated heterocycles. The Morgan fingerprint density at radius 1 is 1.16 bits per heavy atom. The van der Waals surface area contributed by atoms with Crippen molar-refractivity contribution in [1.29, 1.82) is 0 Å². The number of thioether (sulfide) groups is 1. The number of halogens is 1. The van der Waals surface area contributed by atoms with Crippen molar-refractivity contribution in [2.45, 2.75) is 62.6 Å². The molecule has 1 fully saturated rings. The molecule has 0 aromatic heterocycles. The van der Waals surface area contributed by atoms with E-state index in [-0.39, 0.29) is 23.6 Å². The summed E-state index contributed by atoms with van der Waals surface area (Å²) in [6.07, 6.45) is 5.53. The molecule has 3 rings (SSSR count). The predicted octanol–water partition coefficient (Wildman–Crippen LogP) is 5.31. The van der Waals surface area contributed by atoms with Crippen LogP contribution in [0.3, 0.4) is 0 Å². The zero-order valence-electron chi connectivity index (χ0n) is 18.7. The number of nitrogens with one attached hydrogen (secondary N) is 1. The van der Waals surface area contributed by atoms with Gasteiger partial charge < -0.3 is 15.0 Å². The van der Waals surface area contributed by atoms with E-state index in [0.717, 1.165) is 41.9 Å². The summed E-state index contributed by atoms with van der Waals surface area (Å²) in [5.74, 6) is 0.792. The molecule has 0 aliphatic heterocycles.